The molecular formula is C23H26N8O2. The van der Waals surface area contributed by atoms with Crippen LogP contribution in [-0.2, 0) is 11.3 Å². The van der Waals surface area contributed by atoms with Gasteiger partial charge in [0.15, 0.2) is 0 Å². The Kier molecular flexibility index (Phi) is 5.64. The van der Waals surface area contributed by atoms with E-state index in [2.05, 4.69) is 29.7 Å². The largest absolute Gasteiger partial charge is 0.497 e. The maximum atomic E-state index is 13.1. The summed E-state index contributed by atoms with van der Waals surface area (Å²) in [7, 11) is 3.53. The smallest absolute Gasteiger partial charge is 0.246 e. The molecule has 2 aliphatic rings. The summed E-state index contributed by atoms with van der Waals surface area (Å²) in [4.78, 5) is 39.2. The van der Waals surface area contributed by atoms with Crippen molar-refractivity contribution in [2.24, 2.45) is 0 Å². The molecule has 2 aromatic heterocycles. The SMILES string of the molecule is COc1ccc(N2Cc3c(ncnc3N3CCN(c4ncccn4)CC3)N(C)CC2=O)cc1. The number of piperazine rings is 1. The second-order valence-electron chi connectivity index (χ2n) is 8.06. The number of aromatic nitrogens is 4. The lowest BCUT2D eigenvalue weighted by Crippen LogP contribution is -2.47. The lowest BCUT2D eigenvalue weighted by molar-refractivity contribution is -0.117. The van der Waals surface area contributed by atoms with E-state index in [1.807, 2.05) is 42.3 Å². The summed E-state index contributed by atoms with van der Waals surface area (Å²) < 4.78 is 5.27. The van der Waals surface area contributed by atoms with Gasteiger partial charge in [-0.3, -0.25) is 4.79 Å². The number of hydrogen-bond acceptors (Lipinski definition) is 9. The van der Waals surface area contributed by atoms with Gasteiger partial charge >= 0.3 is 0 Å². The fraction of sp³-hybridized carbons (Fsp3) is 0.348. The molecule has 170 valence electrons. The predicted octanol–water partition coefficient (Wildman–Crippen LogP) is 1.58. The number of rotatable bonds is 4. The van der Waals surface area contributed by atoms with Gasteiger partial charge in [-0.2, -0.15) is 0 Å². The number of ether oxygens (including phenoxy) is 1. The number of anilines is 4. The van der Waals surface area contributed by atoms with Gasteiger partial charge in [-0.15, -0.1) is 0 Å². The molecule has 1 aromatic carbocycles. The van der Waals surface area contributed by atoms with Crippen LogP contribution in [0.3, 0.4) is 0 Å². The second kappa shape index (κ2) is 8.89. The summed E-state index contributed by atoms with van der Waals surface area (Å²) in [5.74, 6) is 3.17. The Morgan fingerprint density at radius 3 is 2.21 bits per heavy atom. The third-order valence-corrected chi connectivity index (χ3v) is 6.05. The van der Waals surface area contributed by atoms with Crippen LogP contribution in [0.1, 0.15) is 5.56 Å². The number of methoxy groups -OCH3 is 1. The summed E-state index contributed by atoms with van der Waals surface area (Å²) in [6.07, 6.45) is 5.12. The van der Waals surface area contributed by atoms with Crippen LogP contribution in [-0.4, -0.2) is 72.7 Å². The molecule has 4 heterocycles. The fourth-order valence-corrected chi connectivity index (χ4v) is 4.32. The van der Waals surface area contributed by atoms with Crippen molar-refractivity contribution in [2.45, 2.75) is 6.54 Å². The molecule has 0 bridgehead atoms. The van der Waals surface area contributed by atoms with E-state index in [1.54, 1.807) is 30.7 Å². The molecule has 10 heteroatoms. The minimum absolute atomic E-state index is 0.0117. The van der Waals surface area contributed by atoms with Gasteiger partial charge in [-0.1, -0.05) is 0 Å². The summed E-state index contributed by atoms with van der Waals surface area (Å²) in [5.41, 5.74) is 1.77. The average molecular weight is 447 g/mol. The lowest BCUT2D eigenvalue weighted by Gasteiger charge is -2.36. The molecule has 0 unspecified atom stereocenters. The van der Waals surface area contributed by atoms with Crippen LogP contribution in [0.2, 0.25) is 0 Å². The summed E-state index contributed by atoms with van der Waals surface area (Å²) in [5, 5.41) is 0. The standard InChI is InChI=1S/C23H26N8O2/c1-28-15-20(32)31(17-4-6-18(33-2)7-5-17)14-19-21(28)26-16-27-22(19)29-10-12-30(13-11-29)23-24-8-3-9-25-23/h3-9,16H,10-15H2,1-2H3. The molecule has 10 nitrogen and oxygen atoms in total. The first-order chi connectivity index (χ1) is 16.1. The van der Waals surface area contributed by atoms with Crippen molar-refractivity contribution in [2.75, 3.05) is 66.5 Å². The van der Waals surface area contributed by atoms with Crippen molar-refractivity contribution >= 4 is 29.2 Å². The highest BCUT2D eigenvalue weighted by Crippen LogP contribution is 2.32. The zero-order valence-electron chi connectivity index (χ0n) is 18.8. The van der Waals surface area contributed by atoms with E-state index in [0.717, 1.165) is 60.8 Å². The molecule has 1 saturated heterocycles. The molecular weight excluding hydrogens is 420 g/mol. The Balaban J connectivity index is 1.42. The number of carbonyl (C=O) groups excluding carboxylic acids is 1. The highest BCUT2D eigenvalue weighted by Gasteiger charge is 2.30. The Bertz CT molecular complexity index is 1120. The van der Waals surface area contributed by atoms with Crippen LogP contribution in [0.25, 0.3) is 0 Å². The summed E-state index contributed by atoms with van der Waals surface area (Å²) >= 11 is 0. The maximum Gasteiger partial charge on any atom is 0.246 e. The van der Waals surface area contributed by atoms with E-state index < -0.39 is 0 Å². The Labute approximate surface area is 192 Å². The minimum Gasteiger partial charge on any atom is -0.497 e. The van der Waals surface area contributed by atoms with Crippen molar-refractivity contribution in [3.63, 3.8) is 0 Å². The van der Waals surface area contributed by atoms with Gasteiger partial charge in [0.2, 0.25) is 11.9 Å². The number of benzene rings is 1. The van der Waals surface area contributed by atoms with E-state index in [0.29, 0.717) is 6.54 Å². The van der Waals surface area contributed by atoms with Gasteiger partial charge in [-0.25, -0.2) is 19.9 Å². The number of hydrogen-bond donors (Lipinski definition) is 0. The third kappa shape index (κ3) is 4.11. The van der Waals surface area contributed by atoms with E-state index in [4.69, 9.17) is 4.74 Å². The number of likely N-dealkylation sites (N-methyl/N-ethyl adjacent to an activating group) is 1. The van der Waals surface area contributed by atoms with Crippen LogP contribution in [0, 0.1) is 0 Å². The molecule has 0 spiro atoms. The number of carbonyl (C=O) groups is 1. The van der Waals surface area contributed by atoms with Crippen LogP contribution in [0.15, 0.2) is 49.1 Å². The summed E-state index contributed by atoms with van der Waals surface area (Å²) in [6.45, 7) is 3.79. The van der Waals surface area contributed by atoms with Crippen molar-refractivity contribution in [3.8, 4) is 5.75 Å². The molecule has 0 atom stereocenters. The maximum absolute atomic E-state index is 13.1. The van der Waals surface area contributed by atoms with E-state index in [1.165, 1.54) is 0 Å². The highest BCUT2D eigenvalue weighted by molar-refractivity contribution is 5.98. The number of amides is 1. The molecule has 0 radical (unpaired) electrons. The molecule has 5 rings (SSSR count). The number of fused-ring (bicyclic) bond motifs is 1. The molecule has 2 aliphatic heterocycles. The van der Waals surface area contributed by atoms with Crippen molar-refractivity contribution < 1.29 is 9.53 Å². The molecule has 0 saturated carbocycles. The third-order valence-electron chi connectivity index (χ3n) is 6.05. The van der Waals surface area contributed by atoms with E-state index in [-0.39, 0.29) is 12.5 Å². The second-order valence-corrected chi connectivity index (χ2v) is 8.06. The quantitative estimate of drug-likeness (QED) is 0.592. The zero-order valence-corrected chi connectivity index (χ0v) is 18.8. The summed E-state index contributed by atoms with van der Waals surface area (Å²) in [6, 6.07) is 9.37. The molecule has 3 aromatic rings. The van der Waals surface area contributed by atoms with Crippen LogP contribution >= 0.6 is 0 Å². The van der Waals surface area contributed by atoms with E-state index >= 15 is 0 Å². The molecule has 33 heavy (non-hydrogen) atoms. The minimum atomic E-state index is 0.0117. The fourth-order valence-electron chi connectivity index (χ4n) is 4.32. The first-order valence-corrected chi connectivity index (χ1v) is 10.9. The van der Waals surface area contributed by atoms with Gasteiger partial charge in [0.1, 0.15) is 23.7 Å². The van der Waals surface area contributed by atoms with Gasteiger partial charge in [0.25, 0.3) is 0 Å². The van der Waals surface area contributed by atoms with Crippen LogP contribution in [0.4, 0.5) is 23.3 Å². The predicted molar refractivity (Wildman–Crippen MR) is 126 cm³/mol. The van der Waals surface area contributed by atoms with Gasteiger partial charge in [0.05, 0.1) is 25.8 Å². The Morgan fingerprint density at radius 1 is 0.848 bits per heavy atom. The topological polar surface area (TPSA) is 90.8 Å². The van der Waals surface area contributed by atoms with Crippen LogP contribution in [0.5, 0.6) is 5.75 Å². The van der Waals surface area contributed by atoms with Gasteiger partial charge < -0.3 is 24.3 Å². The van der Waals surface area contributed by atoms with Crippen molar-refractivity contribution in [3.05, 3.63) is 54.6 Å². The van der Waals surface area contributed by atoms with E-state index in [9.17, 15) is 4.79 Å². The van der Waals surface area contributed by atoms with Crippen LogP contribution < -0.4 is 24.3 Å². The first-order valence-electron chi connectivity index (χ1n) is 10.9. The number of nitrogens with zero attached hydrogens (tertiary/aromatic N) is 8. The normalized spacial score (nSPS) is 16.5. The van der Waals surface area contributed by atoms with Gasteiger partial charge in [0, 0.05) is 51.3 Å². The highest BCUT2D eigenvalue weighted by atomic mass is 16.5. The molecule has 0 N–H and O–H groups in total. The van der Waals surface area contributed by atoms with Crippen molar-refractivity contribution in [1.29, 1.82) is 0 Å². The Hall–Kier alpha value is -3.95. The Morgan fingerprint density at radius 2 is 1.52 bits per heavy atom. The first kappa shape index (κ1) is 20.9. The average Bonchev–Trinajstić information content (AvgIpc) is 3.00. The molecule has 0 aliphatic carbocycles. The molecule has 1 fully saturated rings. The van der Waals surface area contributed by atoms with Crippen molar-refractivity contribution in [1.82, 2.24) is 19.9 Å². The lowest BCUT2D eigenvalue weighted by atomic mass is 10.2. The monoisotopic (exact) mass is 446 g/mol. The zero-order chi connectivity index (χ0) is 22.8. The molecule has 1 amide bonds. The van der Waals surface area contributed by atoms with Gasteiger partial charge in [-0.05, 0) is 30.3 Å².